The van der Waals surface area contributed by atoms with Gasteiger partial charge in [-0.3, -0.25) is 0 Å². The predicted octanol–water partition coefficient (Wildman–Crippen LogP) is 12.0. The van der Waals surface area contributed by atoms with Crippen LogP contribution in [0.3, 0.4) is 0 Å². The van der Waals surface area contributed by atoms with Gasteiger partial charge in [0.05, 0.1) is 5.69 Å². The number of fused-ring (bicyclic) bond motifs is 4. The van der Waals surface area contributed by atoms with Crippen LogP contribution in [0.5, 0.6) is 0 Å². The van der Waals surface area contributed by atoms with Crippen molar-refractivity contribution in [3.8, 4) is 27.9 Å². The summed E-state index contributed by atoms with van der Waals surface area (Å²) in [5, 5.41) is 11.9. The summed E-state index contributed by atoms with van der Waals surface area (Å²) >= 11 is 0. The second kappa shape index (κ2) is 13.6. The summed E-state index contributed by atoms with van der Waals surface area (Å²) in [4.78, 5) is 0. The van der Waals surface area contributed by atoms with Crippen molar-refractivity contribution in [3.63, 3.8) is 0 Å². The predicted molar refractivity (Wildman–Crippen MR) is 234 cm³/mol. The molecule has 0 fully saturated rings. The van der Waals surface area contributed by atoms with Gasteiger partial charge in [0.1, 0.15) is 0 Å². The SMILES string of the molecule is C=c1/c(=C\C(=C/C)c2ccc(-c3c4ccccc4c(-c4cccc5ccccc45)c4ccccc34)c3ccccc23)c(C)c(/C=C\N)n1-c1ccccc1. The molecule has 0 saturated carbocycles. The molecule has 0 unspecified atom stereocenters. The zero-order valence-electron chi connectivity index (χ0n) is 30.6. The molecule has 0 aliphatic rings. The van der Waals surface area contributed by atoms with Crippen molar-refractivity contribution in [2.45, 2.75) is 13.8 Å². The van der Waals surface area contributed by atoms with Crippen LogP contribution in [0.25, 0.3) is 95.3 Å². The number of aromatic nitrogens is 1. The van der Waals surface area contributed by atoms with E-state index in [1.54, 1.807) is 6.20 Å². The topological polar surface area (TPSA) is 30.9 Å². The minimum Gasteiger partial charge on any atom is -0.405 e. The fraction of sp³-hybridized carbons (Fsp3) is 0.0385. The van der Waals surface area contributed by atoms with Gasteiger partial charge in [-0.05, 0) is 126 Å². The van der Waals surface area contributed by atoms with Crippen LogP contribution in [0.2, 0.25) is 0 Å². The summed E-state index contributed by atoms with van der Waals surface area (Å²) in [6.45, 7) is 8.87. The van der Waals surface area contributed by atoms with E-state index in [9.17, 15) is 0 Å². The number of nitrogens with two attached hydrogens (primary N) is 1. The maximum absolute atomic E-state index is 5.97. The number of allylic oxidation sites excluding steroid dienone is 2. The van der Waals surface area contributed by atoms with Crippen molar-refractivity contribution in [2.75, 3.05) is 0 Å². The molecule has 54 heavy (non-hydrogen) atoms. The lowest BCUT2D eigenvalue weighted by atomic mass is 9.83. The van der Waals surface area contributed by atoms with Crippen LogP contribution >= 0.6 is 0 Å². The number of hydrogen-bond acceptors (Lipinski definition) is 1. The molecule has 8 aromatic carbocycles. The Morgan fingerprint density at radius 1 is 0.556 bits per heavy atom. The summed E-state index contributed by atoms with van der Waals surface area (Å²) in [6, 6.07) is 57.1. The van der Waals surface area contributed by atoms with Gasteiger partial charge in [0.25, 0.3) is 0 Å². The quantitative estimate of drug-likeness (QED) is 0.173. The molecular weight excluding hydrogens is 653 g/mol. The molecule has 0 saturated heterocycles. The highest BCUT2D eigenvalue weighted by atomic mass is 15.0. The van der Waals surface area contributed by atoms with Crippen LogP contribution < -0.4 is 16.3 Å². The molecule has 2 N–H and O–H groups in total. The highest BCUT2D eigenvalue weighted by Gasteiger charge is 2.20. The van der Waals surface area contributed by atoms with Gasteiger partial charge < -0.3 is 10.3 Å². The molecule has 0 spiro atoms. The number of nitrogens with zero attached hydrogens (tertiary/aromatic N) is 1. The van der Waals surface area contributed by atoms with Gasteiger partial charge in [-0.1, -0.05) is 158 Å². The van der Waals surface area contributed by atoms with Gasteiger partial charge in [0.2, 0.25) is 0 Å². The molecule has 9 rings (SSSR count). The average molecular weight is 693 g/mol. The number of benzene rings is 8. The Labute approximate surface area is 315 Å². The third-order valence-electron chi connectivity index (χ3n) is 11.0. The summed E-state index contributed by atoms with van der Waals surface area (Å²) in [7, 11) is 0. The molecule has 2 heteroatoms. The maximum Gasteiger partial charge on any atom is 0.0511 e. The van der Waals surface area contributed by atoms with Crippen molar-refractivity contribution in [2.24, 2.45) is 5.73 Å². The van der Waals surface area contributed by atoms with Crippen molar-refractivity contribution < 1.29 is 0 Å². The average Bonchev–Trinajstić information content (AvgIpc) is 3.45. The van der Waals surface area contributed by atoms with Crippen LogP contribution in [0, 0.1) is 6.92 Å². The highest BCUT2D eigenvalue weighted by molar-refractivity contribution is 6.25. The number of rotatable bonds is 6. The zero-order valence-corrected chi connectivity index (χ0v) is 30.6. The third-order valence-corrected chi connectivity index (χ3v) is 11.0. The fourth-order valence-electron chi connectivity index (χ4n) is 8.54. The van der Waals surface area contributed by atoms with E-state index >= 15 is 0 Å². The van der Waals surface area contributed by atoms with Crippen molar-refractivity contribution >= 4 is 67.4 Å². The Kier molecular flexibility index (Phi) is 8.29. The minimum absolute atomic E-state index is 0.927. The first-order valence-electron chi connectivity index (χ1n) is 18.5. The lowest BCUT2D eigenvalue weighted by Crippen LogP contribution is -2.27. The van der Waals surface area contributed by atoms with E-state index in [0.29, 0.717) is 0 Å². The molecule has 0 aliphatic heterocycles. The van der Waals surface area contributed by atoms with Crippen LogP contribution in [0.4, 0.5) is 0 Å². The highest BCUT2D eigenvalue weighted by Crippen LogP contribution is 2.47. The van der Waals surface area contributed by atoms with E-state index in [1.165, 1.54) is 70.9 Å². The summed E-state index contributed by atoms with van der Waals surface area (Å²) in [5.74, 6) is 0. The smallest absolute Gasteiger partial charge is 0.0511 e. The molecular formula is C52H40N2. The molecule has 258 valence electrons. The maximum atomic E-state index is 5.97. The Balaban J connectivity index is 1.29. The number of para-hydroxylation sites is 1. The molecule has 9 aromatic rings. The Bertz CT molecular complexity index is 3020. The second-order valence-electron chi connectivity index (χ2n) is 13.9. The van der Waals surface area contributed by atoms with Crippen LogP contribution in [0.1, 0.15) is 23.7 Å². The fourth-order valence-corrected chi connectivity index (χ4v) is 8.54. The van der Waals surface area contributed by atoms with Crippen molar-refractivity contribution in [1.82, 2.24) is 4.57 Å². The molecule has 1 heterocycles. The first kappa shape index (κ1) is 33.0. The molecule has 0 aliphatic carbocycles. The third kappa shape index (κ3) is 5.26. The van der Waals surface area contributed by atoms with E-state index in [-0.39, 0.29) is 0 Å². The van der Waals surface area contributed by atoms with Gasteiger partial charge in [0.15, 0.2) is 0 Å². The molecule has 0 amide bonds. The summed E-state index contributed by atoms with van der Waals surface area (Å²) in [6.07, 6.45) is 8.07. The molecule has 0 atom stereocenters. The number of hydrogen-bond donors (Lipinski definition) is 1. The lowest BCUT2D eigenvalue weighted by Gasteiger charge is -2.20. The van der Waals surface area contributed by atoms with Gasteiger partial charge in [0, 0.05) is 16.3 Å². The van der Waals surface area contributed by atoms with Gasteiger partial charge in [-0.2, -0.15) is 0 Å². The Morgan fingerprint density at radius 3 is 1.69 bits per heavy atom. The first-order valence-corrected chi connectivity index (χ1v) is 18.5. The van der Waals surface area contributed by atoms with Gasteiger partial charge in [-0.15, -0.1) is 0 Å². The molecule has 0 bridgehead atoms. The van der Waals surface area contributed by atoms with E-state index in [0.717, 1.165) is 33.1 Å². The molecule has 0 radical (unpaired) electrons. The van der Waals surface area contributed by atoms with Gasteiger partial charge >= 0.3 is 0 Å². The van der Waals surface area contributed by atoms with E-state index < -0.39 is 0 Å². The van der Waals surface area contributed by atoms with E-state index in [1.807, 2.05) is 12.1 Å². The molecule has 1 aromatic heterocycles. The van der Waals surface area contributed by atoms with Crippen molar-refractivity contribution in [3.05, 3.63) is 197 Å². The molecule has 2 nitrogen and oxygen atoms in total. The standard InChI is InChI=1S/C52H40N2/c1-4-36(33-49-34(2)50(31-32-53)54(35(49)3)38-19-6-5-7-20-38)40-29-30-48(42-23-11-10-22-41(40)42)52-46-26-14-12-24-44(46)51(45-25-13-15-27-47(45)52)43-28-16-18-37-17-8-9-21-39(37)43/h4-33H,3,53H2,1-2H3/b32-31-,36-4+,49-33-. The largest absolute Gasteiger partial charge is 0.405 e. The lowest BCUT2D eigenvalue weighted by molar-refractivity contribution is 1.01. The normalized spacial score (nSPS) is 12.6. The first-order chi connectivity index (χ1) is 26.6. The van der Waals surface area contributed by atoms with Crippen LogP contribution in [-0.2, 0) is 0 Å². The van der Waals surface area contributed by atoms with Crippen molar-refractivity contribution in [1.29, 1.82) is 0 Å². The zero-order chi connectivity index (χ0) is 36.8. The monoisotopic (exact) mass is 692 g/mol. The Morgan fingerprint density at radius 2 is 1.07 bits per heavy atom. The summed E-state index contributed by atoms with van der Waals surface area (Å²) in [5.41, 5.74) is 16.5. The minimum atomic E-state index is 0.927. The van der Waals surface area contributed by atoms with E-state index in [2.05, 4.69) is 189 Å². The Hall–Kier alpha value is -6.90. The summed E-state index contributed by atoms with van der Waals surface area (Å²) < 4.78 is 2.19. The van der Waals surface area contributed by atoms with Crippen LogP contribution in [-0.4, -0.2) is 4.57 Å². The van der Waals surface area contributed by atoms with Gasteiger partial charge in [-0.25, -0.2) is 0 Å². The van der Waals surface area contributed by atoms with E-state index in [4.69, 9.17) is 5.73 Å². The van der Waals surface area contributed by atoms with Crippen LogP contribution in [0.15, 0.2) is 170 Å². The second-order valence-corrected chi connectivity index (χ2v) is 13.9.